The van der Waals surface area contributed by atoms with Crippen molar-refractivity contribution >= 4 is 10.9 Å². The van der Waals surface area contributed by atoms with Gasteiger partial charge in [-0.1, -0.05) is 25.1 Å². The van der Waals surface area contributed by atoms with Crippen molar-refractivity contribution in [3.63, 3.8) is 0 Å². The minimum Gasteiger partial charge on any atom is -0.379 e. The van der Waals surface area contributed by atoms with E-state index in [1.807, 2.05) is 35.9 Å². The maximum Gasteiger partial charge on any atom is 0.433 e. The molecule has 0 radical (unpaired) electrons. The van der Waals surface area contributed by atoms with Crippen molar-refractivity contribution in [3.05, 3.63) is 59.4 Å². The number of rotatable bonds is 6. The van der Waals surface area contributed by atoms with Crippen LogP contribution in [0.1, 0.15) is 35.6 Å². The van der Waals surface area contributed by atoms with Crippen LogP contribution in [0.5, 0.6) is 0 Å². The monoisotopic (exact) mass is 471 g/mol. The van der Waals surface area contributed by atoms with Crippen LogP contribution in [-0.2, 0) is 29.8 Å². The molecule has 4 heterocycles. The molecule has 3 N–H and O–H groups in total. The molecule has 0 unspecified atom stereocenters. The van der Waals surface area contributed by atoms with Crippen molar-refractivity contribution in [3.8, 4) is 11.3 Å². The summed E-state index contributed by atoms with van der Waals surface area (Å²) in [7, 11) is 1.89. The zero-order valence-electron chi connectivity index (χ0n) is 18.7. The summed E-state index contributed by atoms with van der Waals surface area (Å²) in [5.41, 5.74) is 7.37. The fraction of sp³-hybridized carbons (Fsp3) is 0.391. The summed E-state index contributed by atoms with van der Waals surface area (Å²) in [6.45, 7) is 2.95. The van der Waals surface area contributed by atoms with E-state index in [0.29, 0.717) is 41.8 Å². The minimum atomic E-state index is -4.59. The molecule has 11 heteroatoms. The maximum atomic E-state index is 13.6. The van der Waals surface area contributed by atoms with Crippen LogP contribution >= 0.6 is 0 Å². The van der Waals surface area contributed by atoms with Crippen LogP contribution in [0.3, 0.4) is 0 Å². The van der Waals surface area contributed by atoms with Crippen LogP contribution in [0.15, 0.2) is 36.7 Å². The first-order valence-corrected chi connectivity index (χ1v) is 10.9. The molecule has 4 aromatic rings. The Morgan fingerprint density at radius 3 is 2.68 bits per heavy atom. The summed E-state index contributed by atoms with van der Waals surface area (Å²) < 4.78 is 48.4. The molecule has 8 nitrogen and oxygen atoms in total. The van der Waals surface area contributed by atoms with Crippen molar-refractivity contribution in [1.29, 1.82) is 0 Å². The second-order valence-electron chi connectivity index (χ2n) is 8.91. The Bertz CT molecular complexity index is 1340. The smallest absolute Gasteiger partial charge is 0.379 e. The highest BCUT2D eigenvalue weighted by Gasteiger charge is 2.42. The van der Waals surface area contributed by atoms with Crippen molar-refractivity contribution < 1.29 is 17.9 Å². The molecule has 0 aliphatic carbocycles. The molecule has 1 aliphatic rings. The van der Waals surface area contributed by atoms with Crippen LogP contribution in [0.25, 0.3) is 22.2 Å². The van der Waals surface area contributed by atoms with E-state index in [0.717, 1.165) is 17.5 Å². The van der Waals surface area contributed by atoms with Gasteiger partial charge in [-0.3, -0.25) is 5.10 Å². The molecule has 1 atom stereocenters. The summed E-state index contributed by atoms with van der Waals surface area (Å²) in [4.78, 5) is 3.87. The van der Waals surface area contributed by atoms with Crippen molar-refractivity contribution in [2.45, 2.75) is 30.9 Å². The summed E-state index contributed by atoms with van der Waals surface area (Å²) in [6, 6.07) is 8.75. The number of nitrogens with two attached hydrogens (primary N) is 1. The van der Waals surface area contributed by atoms with Crippen LogP contribution in [0.4, 0.5) is 13.2 Å². The predicted octanol–water partition coefficient (Wildman–Crippen LogP) is 3.35. The van der Waals surface area contributed by atoms with Gasteiger partial charge >= 0.3 is 6.18 Å². The molecular formula is C23H24F3N7O. The third-order valence-corrected chi connectivity index (χ3v) is 6.50. The van der Waals surface area contributed by atoms with Gasteiger partial charge in [-0.25, -0.2) is 4.98 Å². The minimum absolute atomic E-state index is 0.165. The number of alkyl halides is 3. The Morgan fingerprint density at radius 2 is 2.06 bits per heavy atom. The highest BCUT2D eigenvalue weighted by Crippen LogP contribution is 2.39. The number of aryl methyl sites for hydroxylation is 1. The fourth-order valence-corrected chi connectivity index (χ4v) is 4.36. The van der Waals surface area contributed by atoms with Gasteiger partial charge < -0.3 is 15.0 Å². The molecule has 0 saturated carbocycles. The summed E-state index contributed by atoms with van der Waals surface area (Å²) in [5, 5.41) is 15.8. The molecule has 0 amide bonds. The molecule has 1 aliphatic heterocycles. The number of H-pyrrole nitrogens is 1. The Labute approximate surface area is 193 Å². The predicted molar refractivity (Wildman–Crippen MR) is 119 cm³/mol. The Morgan fingerprint density at radius 1 is 1.26 bits per heavy atom. The van der Waals surface area contributed by atoms with E-state index in [9.17, 15) is 13.2 Å². The molecule has 5 rings (SSSR count). The number of hydrogen-bond donors (Lipinski definition) is 2. The highest BCUT2D eigenvalue weighted by atomic mass is 19.4. The van der Waals surface area contributed by atoms with Crippen molar-refractivity contribution in [2.75, 3.05) is 19.8 Å². The van der Waals surface area contributed by atoms with E-state index < -0.39 is 11.9 Å². The first-order valence-electron chi connectivity index (χ1n) is 10.9. The van der Waals surface area contributed by atoms with E-state index >= 15 is 0 Å². The van der Waals surface area contributed by atoms with Gasteiger partial charge in [0.2, 0.25) is 0 Å². The van der Waals surface area contributed by atoms with Gasteiger partial charge in [0.15, 0.2) is 0 Å². The lowest BCUT2D eigenvalue weighted by Gasteiger charge is -2.41. The lowest BCUT2D eigenvalue weighted by molar-refractivity contribution is -0.141. The highest BCUT2D eigenvalue weighted by molar-refractivity contribution is 5.94. The van der Waals surface area contributed by atoms with Gasteiger partial charge in [-0.2, -0.15) is 18.3 Å². The molecule has 3 aromatic heterocycles. The molecule has 178 valence electrons. The van der Waals surface area contributed by atoms with Crippen LogP contribution in [0, 0.1) is 0 Å². The number of nitrogens with one attached hydrogen (secondary N) is 1. The summed E-state index contributed by atoms with van der Waals surface area (Å²) >= 11 is 0. The van der Waals surface area contributed by atoms with E-state index in [-0.39, 0.29) is 23.6 Å². The molecule has 1 saturated heterocycles. The third kappa shape index (κ3) is 3.74. The molecule has 1 fully saturated rings. The van der Waals surface area contributed by atoms with Crippen LogP contribution in [-0.4, -0.2) is 49.7 Å². The average molecular weight is 471 g/mol. The normalized spacial score (nSPS) is 16.5. The second kappa shape index (κ2) is 8.17. The second-order valence-corrected chi connectivity index (χ2v) is 8.91. The zero-order chi connectivity index (χ0) is 24.1. The zero-order valence-corrected chi connectivity index (χ0v) is 18.7. The SMILES string of the molecule is C[C@@H](CN)c1nc(C(F)(F)F)cc2c(-c3cccc(C4(Cc5nncn5C)COC4)c3)n[nH]c12. The Kier molecular flexibility index (Phi) is 5.40. The maximum absolute atomic E-state index is 13.6. The van der Waals surface area contributed by atoms with E-state index in [1.54, 1.807) is 13.3 Å². The van der Waals surface area contributed by atoms with Gasteiger partial charge in [0, 0.05) is 42.3 Å². The van der Waals surface area contributed by atoms with Gasteiger partial charge in [0.25, 0.3) is 0 Å². The summed E-state index contributed by atoms with van der Waals surface area (Å²) in [5.74, 6) is 0.464. The number of ether oxygens (including phenoxy) is 1. The Balaban J connectivity index is 1.61. The largest absolute Gasteiger partial charge is 0.433 e. The van der Waals surface area contributed by atoms with Crippen LogP contribution < -0.4 is 5.73 Å². The van der Waals surface area contributed by atoms with Gasteiger partial charge in [0.1, 0.15) is 23.5 Å². The number of aromatic nitrogens is 6. The number of fused-ring (bicyclic) bond motifs is 1. The van der Waals surface area contributed by atoms with E-state index in [1.165, 1.54) is 0 Å². The van der Waals surface area contributed by atoms with Gasteiger partial charge in [0.05, 0.1) is 24.4 Å². The fourth-order valence-electron chi connectivity index (χ4n) is 4.36. The molecule has 0 bridgehead atoms. The molecular weight excluding hydrogens is 447 g/mol. The van der Waals surface area contributed by atoms with Crippen molar-refractivity contribution in [2.24, 2.45) is 12.8 Å². The topological polar surface area (TPSA) is 108 Å². The van der Waals surface area contributed by atoms with Gasteiger partial charge in [-0.15, -0.1) is 10.2 Å². The number of halogens is 3. The lowest BCUT2D eigenvalue weighted by atomic mass is 9.75. The number of hydrogen-bond acceptors (Lipinski definition) is 6. The molecule has 1 aromatic carbocycles. The summed E-state index contributed by atoms with van der Waals surface area (Å²) in [6.07, 6.45) is -2.30. The number of benzene rings is 1. The molecule has 0 spiro atoms. The Hall–Kier alpha value is -3.31. The first kappa shape index (κ1) is 22.5. The number of pyridine rings is 1. The third-order valence-electron chi connectivity index (χ3n) is 6.50. The van der Waals surface area contributed by atoms with E-state index in [2.05, 4.69) is 25.4 Å². The number of nitrogens with zero attached hydrogens (tertiary/aromatic N) is 5. The standard InChI is InChI=1S/C23H24F3N7O/c1-13(9-27)19-21-16(7-17(29-19)23(24,25)26)20(31-32-21)14-4-3-5-15(6-14)22(10-34-11-22)8-18-30-28-12-33(18)2/h3-7,12-13H,8-11,27H2,1-2H3,(H,31,32)/t13-/m0/s1. The van der Waals surface area contributed by atoms with Crippen LogP contribution in [0.2, 0.25) is 0 Å². The quantitative estimate of drug-likeness (QED) is 0.447. The molecule has 34 heavy (non-hydrogen) atoms. The first-order chi connectivity index (χ1) is 16.2. The average Bonchev–Trinajstić information content (AvgIpc) is 3.40. The van der Waals surface area contributed by atoms with Gasteiger partial charge in [-0.05, 0) is 17.7 Å². The van der Waals surface area contributed by atoms with E-state index in [4.69, 9.17) is 10.5 Å². The number of aromatic amines is 1. The lowest BCUT2D eigenvalue weighted by Crippen LogP contribution is -2.49. The van der Waals surface area contributed by atoms with Crippen molar-refractivity contribution in [1.82, 2.24) is 29.9 Å².